The monoisotopic (exact) mass is 425 g/mol. The van der Waals surface area contributed by atoms with E-state index in [2.05, 4.69) is 18.7 Å². The number of hydrogen-bond acceptors (Lipinski definition) is 4. The average Bonchev–Trinajstić information content (AvgIpc) is 3.05. The summed E-state index contributed by atoms with van der Waals surface area (Å²) in [6.45, 7) is 8.20. The Morgan fingerprint density at radius 3 is 2.39 bits per heavy atom. The van der Waals surface area contributed by atoms with Crippen molar-refractivity contribution in [1.29, 1.82) is 0 Å². The van der Waals surface area contributed by atoms with Gasteiger partial charge in [0.15, 0.2) is 11.6 Å². The molecule has 0 aliphatic heterocycles. The van der Waals surface area contributed by atoms with Crippen LogP contribution in [0.1, 0.15) is 32.8 Å². The smallest absolute Gasteiger partial charge is 0.222 e. The topological polar surface area (TPSA) is 50.5 Å². The van der Waals surface area contributed by atoms with Gasteiger partial charge in [0.1, 0.15) is 5.69 Å². The second-order valence-corrected chi connectivity index (χ2v) is 8.30. The molecule has 2 aromatic carbocycles. The van der Waals surface area contributed by atoms with Gasteiger partial charge in [-0.25, -0.2) is 9.07 Å². The fraction of sp³-hybridized carbons (Fsp3) is 0.400. The molecule has 0 saturated carbocycles. The summed E-state index contributed by atoms with van der Waals surface area (Å²) in [5.74, 6) is 0.673. The molecule has 1 atom stereocenters. The maximum Gasteiger partial charge on any atom is 0.222 e. The molecule has 0 fully saturated rings. The van der Waals surface area contributed by atoms with Gasteiger partial charge in [0.25, 0.3) is 0 Å². The van der Waals surface area contributed by atoms with Gasteiger partial charge in [-0.2, -0.15) is 5.10 Å². The summed E-state index contributed by atoms with van der Waals surface area (Å²) in [6, 6.07) is 16.3. The molecule has 3 aromatic rings. The van der Waals surface area contributed by atoms with Gasteiger partial charge in [0.2, 0.25) is 5.88 Å². The summed E-state index contributed by atoms with van der Waals surface area (Å²) >= 11 is 0. The van der Waals surface area contributed by atoms with E-state index in [0.717, 1.165) is 23.4 Å². The maximum absolute atomic E-state index is 14.3. The van der Waals surface area contributed by atoms with Crippen molar-refractivity contribution < 1.29 is 14.2 Å². The Morgan fingerprint density at radius 2 is 1.74 bits per heavy atom. The summed E-state index contributed by atoms with van der Waals surface area (Å²) in [6.07, 6.45) is 0.276. The van der Waals surface area contributed by atoms with Gasteiger partial charge in [0.05, 0.1) is 11.7 Å². The molecule has 1 N–H and O–H groups in total. The first-order chi connectivity index (χ1) is 14.9. The predicted molar refractivity (Wildman–Crippen MR) is 122 cm³/mol. The molecule has 0 bridgehead atoms. The van der Waals surface area contributed by atoms with Crippen LogP contribution >= 0.6 is 0 Å². The number of ether oxygens (including phenoxy) is 1. The van der Waals surface area contributed by atoms with Crippen LogP contribution in [0.4, 0.5) is 4.39 Å². The van der Waals surface area contributed by atoms with E-state index in [-0.39, 0.29) is 5.75 Å². The first kappa shape index (κ1) is 23.0. The van der Waals surface area contributed by atoms with E-state index in [1.54, 1.807) is 29.9 Å². The molecule has 5 nitrogen and oxygen atoms in total. The lowest BCUT2D eigenvalue weighted by molar-refractivity contribution is 0.0982. The fourth-order valence-electron chi connectivity index (χ4n) is 3.65. The molecule has 0 amide bonds. The third-order valence-corrected chi connectivity index (χ3v) is 5.12. The van der Waals surface area contributed by atoms with Crippen molar-refractivity contribution in [1.82, 2.24) is 14.7 Å². The molecule has 0 aliphatic rings. The summed E-state index contributed by atoms with van der Waals surface area (Å²) in [5, 5.41) is 15.0. The maximum atomic E-state index is 14.3. The van der Waals surface area contributed by atoms with Crippen molar-refractivity contribution in [2.45, 2.75) is 39.8 Å². The van der Waals surface area contributed by atoms with E-state index >= 15 is 0 Å². The summed E-state index contributed by atoms with van der Waals surface area (Å²) in [7, 11) is 1.81. The number of aliphatic hydroxyl groups is 1. The van der Waals surface area contributed by atoms with Crippen LogP contribution in [0.15, 0.2) is 54.6 Å². The van der Waals surface area contributed by atoms with Crippen molar-refractivity contribution in [2.75, 3.05) is 13.1 Å². The highest BCUT2D eigenvalue weighted by Gasteiger charge is 2.24. The van der Waals surface area contributed by atoms with Crippen LogP contribution in [-0.4, -0.2) is 39.0 Å². The van der Waals surface area contributed by atoms with Crippen molar-refractivity contribution in [3.63, 3.8) is 0 Å². The lowest BCUT2D eigenvalue weighted by atomic mass is 10.1. The molecule has 166 valence electrons. The van der Waals surface area contributed by atoms with Crippen molar-refractivity contribution in [3.8, 4) is 22.9 Å². The molecule has 1 heterocycles. The first-order valence-corrected chi connectivity index (χ1v) is 10.8. The number of halogens is 1. The molecule has 0 spiro atoms. The van der Waals surface area contributed by atoms with E-state index in [9.17, 15) is 9.50 Å². The Labute approximate surface area is 184 Å². The number of rotatable bonds is 10. The minimum absolute atomic E-state index is 0.162. The Bertz CT molecular complexity index is 972. The third kappa shape index (κ3) is 5.93. The van der Waals surface area contributed by atoms with E-state index in [4.69, 9.17) is 9.84 Å². The summed E-state index contributed by atoms with van der Waals surface area (Å²) in [4.78, 5) is 2.22. The highest BCUT2D eigenvalue weighted by molar-refractivity contribution is 5.65. The second kappa shape index (κ2) is 10.6. The molecular formula is C25H32FN3O2. The Balaban J connectivity index is 2.04. The number of hydrogen-bond donors (Lipinski definition) is 1. The highest BCUT2D eigenvalue weighted by Crippen LogP contribution is 2.35. The van der Waals surface area contributed by atoms with Crippen LogP contribution in [0.2, 0.25) is 0 Å². The lowest BCUT2D eigenvalue weighted by Gasteiger charge is -2.26. The largest absolute Gasteiger partial charge is 0.436 e. The fourth-order valence-corrected chi connectivity index (χ4v) is 3.65. The quantitative estimate of drug-likeness (QED) is 0.482. The van der Waals surface area contributed by atoms with E-state index in [1.165, 1.54) is 6.07 Å². The zero-order valence-corrected chi connectivity index (χ0v) is 18.8. The van der Waals surface area contributed by atoms with E-state index in [1.807, 2.05) is 37.3 Å². The molecule has 6 heteroatoms. The zero-order valence-electron chi connectivity index (χ0n) is 18.8. The first-order valence-electron chi connectivity index (χ1n) is 10.8. The molecule has 0 radical (unpaired) electrons. The van der Waals surface area contributed by atoms with Gasteiger partial charge < -0.3 is 9.84 Å². The molecule has 0 aliphatic carbocycles. The molecule has 31 heavy (non-hydrogen) atoms. The van der Waals surface area contributed by atoms with Gasteiger partial charge in [-0.05, 0) is 24.5 Å². The number of aliphatic hydroxyl groups excluding tert-OH is 1. The number of para-hydroxylation sites is 1. The number of aromatic nitrogens is 2. The standard InChI is InChI=1S/C25H32FN3O2/c1-5-20(30)16-29(15-18(2)3)17-21-24(19-11-7-6-8-12-19)27-28(4)25(21)31-23-14-10-9-13-22(23)26/h6-14,18,20,30H,5,15-17H2,1-4H3/t20-/m1/s1. The van der Waals surface area contributed by atoms with Crippen molar-refractivity contribution in [3.05, 3.63) is 66.0 Å². The van der Waals surface area contributed by atoms with Gasteiger partial charge in [-0.3, -0.25) is 4.90 Å². The molecule has 0 unspecified atom stereocenters. The van der Waals surface area contributed by atoms with Crippen LogP contribution in [-0.2, 0) is 13.6 Å². The van der Waals surface area contributed by atoms with E-state index < -0.39 is 11.9 Å². The Kier molecular flexibility index (Phi) is 7.82. The molecule has 0 saturated heterocycles. The molecule has 3 rings (SSSR count). The second-order valence-electron chi connectivity index (χ2n) is 8.30. The average molecular weight is 426 g/mol. The van der Waals surface area contributed by atoms with Gasteiger partial charge in [-0.15, -0.1) is 0 Å². The van der Waals surface area contributed by atoms with Crippen molar-refractivity contribution >= 4 is 0 Å². The van der Waals surface area contributed by atoms with E-state index in [0.29, 0.717) is 31.3 Å². The van der Waals surface area contributed by atoms with Crippen LogP contribution in [0.3, 0.4) is 0 Å². The van der Waals surface area contributed by atoms with Crippen LogP contribution < -0.4 is 4.74 Å². The third-order valence-electron chi connectivity index (χ3n) is 5.12. The van der Waals surface area contributed by atoms with Crippen molar-refractivity contribution in [2.24, 2.45) is 13.0 Å². The summed E-state index contributed by atoms with van der Waals surface area (Å²) < 4.78 is 22.0. The highest BCUT2D eigenvalue weighted by atomic mass is 19.1. The van der Waals surface area contributed by atoms with Gasteiger partial charge >= 0.3 is 0 Å². The number of aryl methyl sites for hydroxylation is 1. The normalized spacial score (nSPS) is 12.5. The number of nitrogens with zero attached hydrogens (tertiary/aromatic N) is 3. The van der Waals surface area contributed by atoms with Gasteiger partial charge in [0, 0.05) is 32.2 Å². The van der Waals surface area contributed by atoms with Crippen LogP contribution in [0, 0.1) is 11.7 Å². The molecular weight excluding hydrogens is 393 g/mol. The number of benzene rings is 2. The Morgan fingerprint density at radius 1 is 1.06 bits per heavy atom. The Hall–Kier alpha value is -2.70. The predicted octanol–water partition coefficient (Wildman–Crippen LogP) is 5.25. The SMILES string of the molecule is CC[C@@H](O)CN(Cc1c(-c2ccccc2)nn(C)c1Oc1ccccc1F)CC(C)C. The van der Waals surface area contributed by atoms with Gasteiger partial charge in [-0.1, -0.05) is 63.2 Å². The molecule has 1 aromatic heterocycles. The van der Waals surface area contributed by atoms with Crippen LogP contribution in [0.5, 0.6) is 11.6 Å². The van der Waals surface area contributed by atoms with Crippen LogP contribution in [0.25, 0.3) is 11.3 Å². The minimum Gasteiger partial charge on any atom is -0.436 e. The zero-order chi connectivity index (χ0) is 22.4. The minimum atomic E-state index is -0.420. The summed E-state index contributed by atoms with van der Waals surface area (Å²) in [5.41, 5.74) is 2.65. The lowest BCUT2D eigenvalue weighted by Crippen LogP contribution is -2.34.